The second kappa shape index (κ2) is 8.07. The molecule has 5 nitrogen and oxygen atoms in total. The molecule has 0 radical (unpaired) electrons. The monoisotopic (exact) mass is 282 g/mol. The number of hydrogen-bond donors (Lipinski definition) is 0. The molecule has 0 spiro atoms. The van der Waals surface area contributed by atoms with Gasteiger partial charge in [-0.25, -0.2) is 4.79 Å². The summed E-state index contributed by atoms with van der Waals surface area (Å²) in [4.78, 5) is 15.9. The Morgan fingerprint density at radius 1 is 1.35 bits per heavy atom. The summed E-state index contributed by atoms with van der Waals surface area (Å²) in [5.74, 6) is 0.634. The Morgan fingerprint density at radius 2 is 2.05 bits per heavy atom. The molecule has 0 aliphatic carbocycles. The van der Waals surface area contributed by atoms with E-state index in [9.17, 15) is 4.79 Å². The van der Waals surface area contributed by atoms with E-state index in [0.29, 0.717) is 0 Å². The van der Waals surface area contributed by atoms with Crippen LogP contribution in [-0.4, -0.2) is 56.6 Å². The van der Waals surface area contributed by atoms with E-state index in [1.807, 2.05) is 6.07 Å². The van der Waals surface area contributed by atoms with Crippen LogP contribution in [0.15, 0.2) is 16.5 Å². The maximum absolute atomic E-state index is 11.4. The van der Waals surface area contributed by atoms with Crippen LogP contribution in [0.2, 0.25) is 0 Å². The van der Waals surface area contributed by atoms with Crippen molar-refractivity contribution in [2.75, 3.05) is 40.8 Å². The molecule has 0 aliphatic heterocycles. The summed E-state index contributed by atoms with van der Waals surface area (Å²) in [7, 11) is 5.51. The van der Waals surface area contributed by atoms with Gasteiger partial charge in [-0.3, -0.25) is 4.90 Å². The lowest BCUT2D eigenvalue weighted by molar-refractivity contribution is 0.0559. The summed E-state index contributed by atoms with van der Waals surface area (Å²) in [5.41, 5.74) is 0. The molecule has 0 amide bonds. The third-order valence-corrected chi connectivity index (χ3v) is 3.43. The number of methoxy groups -OCH3 is 1. The van der Waals surface area contributed by atoms with E-state index in [0.717, 1.165) is 31.8 Å². The molecule has 5 heteroatoms. The molecular formula is C15H26N2O3. The van der Waals surface area contributed by atoms with Crippen LogP contribution in [0.25, 0.3) is 0 Å². The third-order valence-electron chi connectivity index (χ3n) is 3.43. The highest BCUT2D eigenvalue weighted by Crippen LogP contribution is 2.22. The largest absolute Gasteiger partial charge is 0.463 e. The Labute approximate surface area is 121 Å². The fourth-order valence-corrected chi connectivity index (χ4v) is 2.18. The maximum Gasteiger partial charge on any atom is 0.373 e. The minimum Gasteiger partial charge on any atom is -0.463 e. The Morgan fingerprint density at radius 3 is 2.60 bits per heavy atom. The molecule has 1 aromatic rings. The molecule has 114 valence electrons. The topological polar surface area (TPSA) is 45.9 Å². The minimum atomic E-state index is -0.431. The first-order valence-electron chi connectivity index (χ1n) is 7.06. The molecule has 1 heterocycles. The number of carbonyl (C=O) groups is 1. The number of rotatable bonds is 8. The molecule has 1 unspecified atom stereocenters. The van der Waals surface area contributed by atoms with Gasteiger partial charge in [0.15, 0.2) is 0 Å². The SMILES string of the molecule is CCN(CCCN(C)C)C(C)c1ccc(C(=O)OC)o1. The van der Waals surface area contributed by atoms with Crippen molar-refractivity contribution in [3.05, 3.63) is 23.7 Å². The van der Waals surface area contributed by atoms with Crippen LogP contribution in [0.1, 0.15) is 42.6 Å². The van der Waals surface area contributed by atoms with Crippen molar-refractivity contribution in [3.63, 3.8) is 0 Å². The Kier molecular flexibility index (Phi) is 6.75. The molecule has 1 atom stereocenters. The zero-order valence-corrected chi connectivity index (χ0v) is 13.2. The molecule has 0 N–H and O–H groups in total. The average molecular weight is 282 g/mol. The van der Waals surface area contributed by atoms with Gasteiger partial charge in [-0.05, 0) is 52.7 Å². The maximum atomic E-state index is 11.4. The summed E-state index contributed by atoms with van der Waals surface area (Å²) < 4.78 is 10.2. The van der Waals surface area contributed by atoms with Gasteiger partial charge in [0.05, 0.1) is 13.2 Å². The predicted molar refractivity (Wildman–Crippen MR) is 78.9 cm³/mol. The summed E-state index contributed by atoms with van der Waals surface area (Å²) >= 11 is 0. The van der Waals surface area contributed by atoms with Gasteiger partial charge in [0, 0.05) is 6.54 Å². The van der Waals surface area contributed by atoms with E-state index in [1.165, 1.54) is 7.11 Å². The highest BCUT2D eigenvalue weighted by molar-refractivity contribution is 5.86. The minimum absolute atomic E-state index is 0.153. The molecule has 0 aliphatic rings. The summed E-state index contributed by atoms with van der Waals surface area (Å²) in [6.07, 6.45) is 1.11. The van der Waals surface area contributed by atoms with Crippen molar-refractivity contribution in [1.29, 1.82) is 0 Å². The van der Waals surface area contributed by atoms with Gasteiger partial charge in [-0.2, -0.15) is 0 Å². The first kappa shape index (κ1) is 16.7. The Hall–Kier alpha value is -1.33. The first-order valence-corrected chi connectivity index (χ1v) is 7.06. The quantitative estimate of drug-likeness (QED) is 0.685. The molecule has 20 heavy (non-hydrogen) atoms. The number of nitrogens with zero attached hydrogens (tertiary/aromatic N) is 2. The molecule has 0 bridgehead atoms. The normalized spacial score (nSPS) is 12.9. The molecule has 1 rings (SSSR count). The second-order valence-electron chi connectivity index (χ2n) is 5.15. The van der Waals surface area contributed by atoms with Gasteiger partial charge in [0.1, 0.15) is 5.76 Å². The van der Waals surface area contributed by atoms with Crippen LogP contribution >= 0.6 is 0 Å². The lowest BCUT2D eigenvalue weighted by atomic mass is 10.2. The van der Waals surface area contributed by atoms with Crippen LogP contribution < -0.4 is 0 Å². The Balaban J connectivity index is 2.63. The fourth-order valence-electron chi connectivity index (χ4n) is 2.18. The van der Waals surface area contributed by atoms with Crippen LogP contribution in [-0.2, 0) is 4.74 Å². The van der Waals surface area contributed by atoms with Crippen molar-refractivity contribution in [2.24, 2.45) is 0 Å². The Bertz CT molecular complexity index is 415. The average Bonchev–Trinajstić information content (AvgIpc) is 2.91. The van der Waals surface area contributed by atoms with E-state index in [1.54, 1.807) is 6.07 Å². The van der Waals surface area contributed by atoms with E-state index in [2.05, 4.69) is 42.5 Å². The fraction of sp³-hybridized carbons (Fsp3) is 0.667. The molecule has 0 saturated carbocycles. The van der Waals surface area contributed by atoms with Crippen molar-refractivity contribution >= 4 is 5.97 Å². The van der Waals surface area contributed by atoms with Crippen LogP contribution in [0.5, 0.6) is 0 Å². The summed E-state index contributed by atoms with van der Waals surface area (Å²) in [6.45, 7) is 7.25. The smallest absolute Gasteiger partial charge is 0.373 e. The number of carbonyl (C=O) groups excluding carboxylic acids is 1. The van der Waals surface area contributed by atoms with Crippen molar-refractivity contribution in [2.45, 2.75) is 26.3 Å². The van der Waals surface area contributed by atoms with E-state index in [4.69, 9.17) is 4.42 Å². The van der Waals surface area contributed by atoms with Gasteiger partial charge < -0.3 is 14.1 Å². The standard InChI is InChI=1S/C15H26N2O3/c1-6-17(11-7-10-16(3)4)12(2)13-8-9-14(20-13)15(18)19-5/h8-9,12H,6-7,10-11H2,1-5H3. The number of esters is 1. The number of hydrogen-bond acceptors (Lipinski definition) is 5. The van der Waals surface area contributed by atoms with Crippen molar-refractivity contribution in [3.8, 4) is 0 Å². The molecule has 1 aromatic heterocycles. The highest BCUT2D eigenvalue weighted by atomic mass is 16.5. The number of furan rings is 1. The van der Waals surface area contributed by atoms with Gasteiger partial charge in [-0.1, -0.05) is 6.92 Å². The van der Waals surface area contributed by atoms with Gasteiger partial charge in [0.25, 0.3) is 0 Å². The highest BCUT2D eigenvalue weighted by Gasteiger charge is 2.19. The zero-order valence-electron chi connectivity index (χ0n) is 13.2. The summed E-state index contributed by atoms with van der Waals surface area (Å²) in [6, 6.07) is 3.68. The second-order valence-corrected chi connectivity index (χ2v) is 5.15. The van der Waals surface area contributed by atoms with Crippen molar-refractivity contribution < 1.29 is 13.9 Å². The van der Waals surface area contributed by atoms with Crippen LogP contribution in [0.3, 0.4) is 0 Å². The lowest BCUT2D eigenvalue weighted by Gasteiger charge is -2.26. The molecule has 0 saturated heterocycles. The van der Waals surface area contributed by atoms with Crippen LogP contribution in [0, 0.1) is 0 Å². The van der Waals surface area contributed by atoms with E-state index < -0.39 is 5.97 Å². The third kappa shape index (κ3) is 4.65. The molecule has 0 aromatic carbocycles. The van der Waals surface area contributed by atoms with E-state index >= 15 is 0 Å². The van der Waals surface area contributed by atoms with Crippen LogP contribution in [0.4, 0.5) is 0 Å². The lowest BCUT2D eigenvalue weighted by Crippen LogP contribution is -2.29. The molecule has 0 fully saturated rings. The zero-order chi connectivity index (χ0) is 15.1. The first-order chi connectivity index (χ1) is 9.49. The molecular weight excluding hydrogens is 256 g/mol. The van der Waals surface area contributed by atoms with E-state index in [-0.39, 0.29) is 11.8 Å². The van der Waals surface area contributed by atoms with Gasteiger partial charge >= 0.3 is 5.97 Å². The summed E-state index contributed by atoms with van der Waals surface area (Å²) in [5, 5.41) is 0. The van der Waals surface area contributed by atoms with Gasteiger partial charge in [-0.15, -0.1) is 0 Å². The predicted octanol–water partition coefficient (Wildman–Crippen LogP) is 2.40. The number of ether oxygens (including phenoxy) is 1. The van der Waals surface area contributed by atoms with Gasteiger partial charge in [0.2, 0.25) is 5.76 Å². The van der Waals surface area contributed by atoms with Crippen molar-refractivity contribution in [1.82, 2.24) is 9.80 Å².